The van der Waals surface area contributed by atoms with Gasteiger partial charge >= 0.3 is 11.9 Å². The van der Waals surface area contributed by atoms with Crippen LogP contribution in [0.25, 0.3) is 0 Å². The van der Waals surface area contributed by atoms with E-state index in [1.165, 1.54) is 0 Å². The highest BCUT2D eigenvalue weighted by Crippen LogP contribution is 2.09. The molecule has 15 N–H and O–H groups in total. The lowest BCUT2D eigenvalue weighted by Gasteiger charge is -2.26. The fraction of sp³-hybridized carbons (Fsp3) is 0.696. The lowest BCUT2D eigenvalue weighted by atomic mass is 9.98. The molecule has 0 spiro atoms. The Morgan fingerprint density at radius 2 is 1.15 bits per heavy atom. The molecule has 5 unspecified atom stereocenters. The zero-order chi connectivity index (χ0) is 30.8. The Balaban J connectivity index is 5.74. The van der Waals surface area contributed by atoms with Crippen molar-refractivity contribution in [2.45, 2.75) is 83.0 Å². The number of carbonyl (C=O) groups is 5. The van der Waals surface area contributed by atoms with Crippen molar-refractivity contribution < 1.29 is 34.2 Å². The number of aliphatic carboxylic acids is 2. The Labute approximate surface area is 232 Å². The first-order valence-corrected chi connectivity index (χ1v) is 12.9. The maximum atomic E-state index is 13.1. The van der Waals surface area contributed by atoms with Gasteiger partial charge in [-0.25, -0.2) is 4.79 Å². The van der Waals surface area contributed by atoms with Crippen LogP contribution in [0.5, 0.6) is 0 Å². The van der Waals surface area contributed by atoms with E-state index >= 15 is 0 Å². The van der Waals surface area contributed by atoms with E-state index in [1.807, 2.05) is 6.92 Å². The standard InChI is InChI=1S/C23H44N10O7/c1-3-12(2)17(24)20(38)32-14(8-9-16(34)35)19(37)31-13(6-4-10-29-22(25)26)18(36)33-15(21(39)40)7-5-11-30-23(27)28/h12-15,17H,3-11,24H2,1-2H3,(H,31,37)(H,32,38)(H,33,36)(H,34,35)(H,39,40)(H4,25,26,29)(H4,27,28,30). The van der Waals surface area contributed by atoms with Gasteiger partial charge in [0.05, 0.1) is 6.04 Å². The van der Waals surface area contributed by atoms with Crippen molar-refractivity contribution in [3.63, 3.8) is 0 Å². The van der Waals surface area contributed by atoms with Gasteiger partial charge in [0.15, 0.2) is 11.9 Å². The lowest BCUT2D eigenvalue weighted by Crippen LogP contribution is -2.57. The van der Waals surface area contributed by atoms with E-state index < -0.39 is 60.2 Å². The van der Waals surface area contributed by atoms with E-state index in [0.717, 1.165) is 0 Å². The van der Waals surface area contributed by atoms with Crippen molar-refractivity contribution >= 4 is 41.6 Å². The summed E-state index contributed by atoms with van der Waals surface area (Å²) in [7, 11) is 0. The molecule has 0 aromatic carbocycles. The molecule has 0 aliphatic carbocycles. The van der Waals surface area contributed by atoms with Crippen molar-refractivity contribution in [3.8, 4) is 0 Å². The van der Waals surface area contributed by atoms with Crippen LogP contribution in [-0.4, -0.2) is 89.0 Å². The quantitative estimate of drug-likeness (QED) is 0.0393. The summed E-state index contributed by atoms with van der Waals surface area (Å²) < 4.78 is 0. The first kappa shape index (κ1) is 35.9. The summed E-state index contributed by atoms with van der Waals surface area (Å²) >= 11 is 0. The normalized spacial score (nSPS) is 14.4. The van der Waals surface area contributed by atoms with E-state index in [0.29, 0.717) is 6.42 Å². The molecule has 40 heavy (non-hydrogen) atoms. The summed E-state index contributed by atoms with van der Waals surface area (Å²) in [6.45, 7) is 3.85. The minimum absolute atomic E-state index is 0.000667. The Kier molecular flexibility index (Phi) is 17.0. The van der Waals surface area contributed by atoms with Gasteiger partial charge in [-0.15, -0.1) is 0 Å². The number of rotatable bonds is 20. The molecule has 17 heteroatoms. The zero-order valence-corrected chi connectivity index (χ0v) is 23.0. The van der Waals surface area contributed by atoms with Crippen LogP contribution >= 0.6 is 0 Å². The lowest BCUT2D eigenvalue weighted by molar-refractivity contribution is -0.142. The van der Waals surface area contributed by atoms with Gasteiger partial charge in [-0.05, 0) is 38.0 Å². The summed E-state index contributed by atoms with van der Waals surface area (Å²) in [4.78, 5) is 69.3. The van der Waals surface area contributed by atoms with Crippen LogP contribution in [0, 0.1) is 5.92 Å². The van der Waals surface area contributed by atoms with E-state index in [-0.39, 0.29) is 63.0 Å². The highest BCUT2D eigenvalue weighted by atomic mass is 16.4. The summed E-state index contributed by atoms with van der Waals surface area (Å²) in [5, 5.41) is 26.0. The summed E-state index contributed by atoms with van der Waals surface area (Å²) in [6, 6.07) is -4.83. The molecular formula is C23H44N10O7. The topological polar surface area (TPSA) is 317 Å². The average Bonchev–Trinajstić information content (AvgIpc) is 2.87. The highest BCUT2D eigenvalue weighted by molar-refractivity contribution is 5.94. The Bertz CT molecular complexity index is 920. The van der Waals surface area contributed by atoms with Gasteiger partial charge < -0.3 is 54.8 Å². The smallest absolute Gasteiger partial charge is 0.326 e. The third-order valence-electron chi connectivity index (χ3n) is 5.98. The monoisotopic (exact) mass is 572 g/mol. The van der Waals surface area contributed by atoms with Crippen LogP contribution in [0.4, 0.5) is 0 Å². The van der Waals surface area contributed by atoms with Crippen LogP contribution in [0.2, 0.25) is 0 Å². The molecule has 0 heterocycles. The van der Waals surface area contributed by atoms with Gasteiger partial charge in [0.2, 0.25) is 17.7 Å². The molecule has 0 saturated heterocycles. The summed E-state index contributed by atoms with van der Waals surface area (Å²) in [5.41, 5.74) is 27.1. The zero-order valence-electron chi connectivity index (χ0n) is 23.0. The fourth-order valence-electron chi connectivity index (χ4n) is 3.39. The first-order valence-electron chi connectivity index (χ1n) is 12.9. The molecule has 0 radical (unpaired) electrons. The SMILES string of the molecule is CCC(C)C(N)C(=O)NC(CCC(=O)O)C(=O)NC(CCCN=C(N)N)C(=O)NC(CCCN=C(N)N)C(=O)O. The van der Waals surface area contributed by atoms with Crippen molar-refractivity contribution in [2.75, 3.05) is 13.1 Å². The summed E-state index contributed by atoms with van der Waals surface area (Å²) in [6.07, 6.45) is 0.341. The minimum Gasteiger partial charge on any atom is -0.481 e. The van der Waals surface area contributed by atoms with Crippen LogP contribution in [0.3, 0.4) is 0 Å². The summed E-state index contributed by atoms with van der Waals surface area (Å²) in [5.74, 6) is -5.36. The van der Waals surface area contributed by atoms with Crippen LogP contribution in [-0.2, 0) is 24.0 Å². The van der Waals surface area contributed by atoms with Crippen LogP contribution in [0.15, 0.2) is 9.98 Å². The van der Waals surface area contributed by atoms with Crippen molar-refractivity contribution in [1.29, 1.82) is 0 Å². The number of carboxylic acids is 2. The number of guanidine groups is 2. The molecule has 17 nitrogen and oxygen atoms in total. The molecule has 0 bridgehead atoms. The molecule has 0 aliphatic heterocycles. The van der Waals surface area contributed by atoms with Gasteiger partial charge in [-0.3, -0.25) is 29.2 Å². The van der Waals surface area contributed by atoms with Crippen molar-refractivity contribution in [1.82, 2.24) is 16.0 Å². The van der Waals surface area contributed by atoms with Crippen LogP contribution in [0.1, 0.15) is 58.8 Å². The van der Waals surface area contributed by atoms with E-state index in [2.05, 4.69) is 25.9 Å². The number of nitrogens with zero attached hydrogens (tertiary/aromatic N) is 2. The molecule has 0 aromatic rings. The minimum atomic E-state index is -1.32. The molecule has 0 saturated carbocycles. The second-order valence-corrected chi connectivity index (χ2v) is 9.26. The third-order valence-corrected chi connectivity index (χ3v) is 5.98. The number of amides is 3. The van der Waals surface area contributed by atoms with Gasteiger partial charge in [-0.1, -0.05) is 20.3 Å². The van der Waals surface area contributed by atoms with E-state index in [4.69, 9.17) is 33.8 Å². The molecule has 0 aromatic heterocycles. The predicted octanol–water partition coefficient (Wildman–Crippen LogP) is -3.13. The van der Waals surface area contributed by atoms with Crippen molar-refractivity contribution in [2.24, 2.45) is 44.6 Å². The molecular weight excluding hydrogens is 528 g/mol. The second-order valence-electron chi connectivity index (χ2n) is 9.26. The van der Waals surface area contributed by atoms with Gasteiger partial charge in [-0.2, -0.15) is 0 Å². The third kappa shape index (κ3) is 15.3. The number of nitrogens with one attached hydrogen (secondary N) is 3. The van der Waals surface area contributed by atoms with Gasteiger partial charge in [0, 0.05) is 19.5 Å². The van der Waals surface area contributed by atoms with E-state index in [9.17, 15) is 29.1 Å². The molecule has 228 valence electrons. The van der Waals surface area contributed by atoms with Gasteiger partial charge in [0.1, 0.15) is 18.1 Å². The number of carboxylic acid groups (broad SMARTS) is 2. The maximum Gasteiger partial charge on any atom is 0.326 e. The largest absolute Gasteiger partial charge is 0.481 e. The predicted molar refractivity (Wildman–Crippen MR) is 148 cm³/mol. The maximum absolute atomic E-state index is 13.1. The fourth-order valence-corrected chi connectivity index (χ4v) is 3.39. The second kappa shape index (κ2) is 19.0. The number of carbonyl (C=O) groups excluding carboxylic acids is 3. The van der Waals surface area contributed by atoms with Crippen LogP contribution < -0.4 is 44.6 Å². The molecule has 5 atom stereocenters. The average molecular weight is 573 g/mol. The Hall–Kier alpha value is -4.15. The molecule has 0 fully saturated rings. The first-order chi connectivity index (χ1) is 18.7. The number of hydrogen-bond acceptors (Lipinski definition) is 8. The Morgan fingerprint density at radius 1 is 0.725 bits per heavy atom. The molecule has 0 aliphatic rings. The number of hydrogen-bond donors (Lipinski definition) is 10. The van der Waals surface area contributed by atoms with E-state index in [1.54, 1.807) is 6.92 Å². The highest BCUT2D eigenvalue weighted by Gasteiger charge is 2.31. The Morgan fingerprint density at radius 3 is 1.57 bits per heavy atom. The van der Waals surface area contributed by atoms with Crippen molar-refractivity contribution in [3.05, 3.63) is 0 Å². The molecule has 3 amide bonds. The number of aliphatic imine (C=N–C) groups is 2. The molecule has 0 rings (SSSR count). The number of nitrogens with two attached hydrogens (primary N) is 5. The van der Waals surface area contributed by atoms with Gasteiger partial charge in [0.25, 0.3) is 0 Å².